The van der Waals surface area contributed by atoms with Crippen molar-refractivity contribution in [3.63, 3.8) is 0 Å². The van der Waals surface area contributed by atoms with Gasteiger partial charge < -0.3 is 18.6 Å². The number of rotatable bonds is 18. The second kappa shape index (κ2) is 30.7. The van der Waals surface area contributed by atoms with E-state index in [0.717, 1.165) is 5.92 Å². The molecule has 1 unspecified atom stereocenters. The van der Waals surface area contributed by atoms with Crippen LogP contribution in [0.15, 0.2) is 0 Å². The molecule has 4 nitrogen and oxygen atoms in total. The van der Waals surface area contributed by atoms with Crippen LogP contribution in [-0.4, -0.2) is 22.2 Å². The summed E-state index contributed by atoms with van der Waals surface area (Å²) in [4.78, 5) is 18.9. The van der Waals surface area contributed by atoms with Gasteiger partial charge in [0.15, 0.2) is 0 Å². The Morgan fingerprint density at radius 1 is 0.690 bits per heavy atom. The first-order valence-electron chi connectivity index (χ1n) is 11.2. The van der Waals surface area contributed by atoms with Crippen molar-refractivity contribution in [3.05, 3.63) is 6.92 Å². The predicted octanol–water partition coefficient (Wildman–Crippen LogP) is 1.38. The zero-order valence-corrected chi connectivity index (χ0v) is 22.0. The van der Waals surface area contributed by atoms with E-state index in [2.05, 4.69) is 20.8 Å². The third-order valence-electron chi connectivity index (χ3n) is 4.73. The average molecular weight is 417 g/mol. The summed E-state index contributed by atoms with van der Waals surface area (Å²) < 4.78 is 0. The molecule has 2 N–H and O–H groups in total. The van der Waals surface area contributed by atoms with Crippen molar-refractivity contribution in [1.29, 1.82) is 0 Å². The minimum atomic E-state index is -1.31. The SMILES string of the molecule is O=C(O)CC(=O)O.[CH2-]C(CCCCCC)CCCCCCCCCCCC.[H-].[Li+].[Na+]. The van der Waals surface area contributed by atoms with Crippen molar-refractivity contribution >= 4 is 11.9 Å². The molecule has 0 saturated heterocycles. The maximum atomic E-state index is 9.43. The number of hydrogen-bond acceptors (Lipinski definition) is 2. The van der Waals surface area contributed by atoms with Gasteiger partial charge in [-0.1, -0.05) is 117 Å². The van der Waals surface area contributed by atoms with E-state index in [0.29, 0.717) is 0 Å². The van der Waals surface area contributed by atoms with Gasteiger partial charge in [0.2, 0.25) is 0 Å². The number of carboxylic acids is 2. The first-order chi connectivity index (χ1) is 12.9. The molecule has 0 aliphatic carbocycles. The maximum Gasteiger partial charge on any atom is 1.00 e. The van der Waals surface area contributed by atoms with Crippen LogP contribution in [-0.2, 0) is 9.59 Å². The quantitative estimate of drug-likeness (QED) is 0.153. The van der Waals surface area contributed by atoms with E-state index in [9.17, 15) is 9.59 Å². The molecule has 0 fully saturated rings. The van der Waals surface area contributed by atoms with Crippen molar-refractivity contribution in [2.75, 3.05) is 0 Å². The number of carboxylic acid groups (broad SMARTS) is 2. The largest absolute Gasteiger partial charge is 1.00 e. The molecule has 0 aliphatic heterocycles. The van der Waals surface area contributed by atoms with Crippen molar-refractivity contribution in [2.45, 2.75) is 123 Å². The van der Waals surface area contributed by atoms with Crippen LogP contribution in [0.4, 0.5) is 0 Å². The van der Waals surface area contributed by atoms with Crippen LogP contribution >= 0.6 is 0 Å². The molecule has 0 aromatic rings. The third kappa shape index (κ3) is 39.6. The molecule has 0 radical (unpaired) electrons. The molecule has 0 spiro atoms. The van der Waals surface area contributed by atoms with Crippen molar-refractivity contribution in [3.8, 4) is 0 Å². The van der Waals surface area contributed by atoms with Gasteiger partial charge >= 0.3 is 60.4 Å². The summed E-state index contributed by atoms with van der Waals surface area (Å²) in [5, 5.41) is 15.4. The molecular weight excluding hydrogens is 370 g/mol. The second-order valence-corrected chi connectivity index (χ2v) is 7.65. The fourth-order valence-corrected chi connectivity index (χ4v) is 3.05. The molecule has 0 aliphatic rings. The molecule has 6 heteroatoms. The van der Waals surface area contributed by atoms with Crippen molar-refractivity contribution in [2.24, 2.45) is 5.92 Å². The fraction of sp³-hybridized carbons (Fsp3) is 0.870. The van der Waals surface area contributed by atoms with E-state index in [1.165, 1.54) is 103 Å². The summed E-state index contributed by atoms with van der Waals surface area (Å²) in [5.41, 5.74) is 0. The minimum absolute atomic E-state index is 0. The van der Waals surface area contributed by atoms with Crippen LogP contribution in [0, 0.1) is 12.8 Å². The Hall–Kier alpha value is 0.537. The Morgan fingerprint density at radius 2 is 0.966 bits per heavy atom. The van der Waals surface area contributed by atoms with E-state index >= 15 is 0 Å². The summed E-state index contributed by atoms with van der Waals surface area (Å²) in [6, 6.07) is 0. The normalized spacial score (nSPS) is 10.7. The standard InChI is InChI=1S/C20H41.C3H4O4.Li.Na.H/c1-4-6-8-10-11-12-13-14-15-17-19-20(3)18-16-9-7-5-2;4-2(5)1-3(6)7;;;/h20H,3-19H2,1-2H3;1H2,(H,4,5)(H,6,7);;;/q-1;;2*+1;-1. The number of carbonyl (C=O) groups is 2. The molecule has 0 aromatic carbocycles. The van der Waals surface area contributed by atoms with Gasteiger partial charge in [0.05, 0.1) is 0 Å². The summed E-state index contributed by atoms with van der Waals surface area (Å²) in [6.07, 6.45) is 21.9. The van der Waals surface area contributed by atoms with E-state index < -0.39 is 18.4 Å². The van der Waals surface area contributed by atoms with Crippen LogP contribution < -0.4 is 48.4 Å². The molecule has 0 saturated carbocycles. The molecule has 164 valence electrons. The minimum Gasteiger partial charge on any atom is -1.00 e. The van der Waals surface area contributed by atoms with Gasteiger partial charge in [-0.3, -0.25) is 9.59 Å². The Kier molecular flexibility index (Phi) is 39.1. The first-order valence-corrected chi connectivity index (χ1v) is 11.2. The molecule has 0 amide bonds. The fourth-order valence-electron chi connectivity index (χ4n) is 3.05. The molecule has 0 bridgehead atoms. The summed E-state index contributed by atoms with van der Waals surface area (Å²) >= 11 is 0. The Balaban J connectivity index is -0.000000180. The Labute approximate surface area is 216 Å². The maximum absolute atomic E-state index is 9.43. The zero-order valence-electron chi connectivity index (χ0n) is 21.0. The van der Waals surface area contributed by atoms with Crippen LogP contribution in [0.5, 0.6) is 0 Å². The van der Waals surface area contributed by atoms with Gasteiger partial charge in [0, 0.05) is 0 Å². The van der Waals surface area contributed by atoms with Crippen LogP contribution in [0.25, 0.3) is 0 Å². The average Bonchev–Trinajstić information content (AvgIpc) is 2.59. The summed E-state index contributed by atoms with van der Waals surface area (Å²) in [5.74, 6) is -1.90. The van der Waals surface area contributed by atoms with Crippen LogP contribution in [0.1, 0.15) is 124 Å². The summed E-state index contributed by atoms with van der Waals surface area (Å²) in [7, 11) is 0. The summed E-state index contributed by atoms with van der Waals surface area (Å²) in [6.45, 7) is 8.89. The van der Waals surface area contributed by atoms with E-state index in [4.69, 9.17) is 10.2 Å². The van der Waals surface area contributed by atoms with E-state index in [1.807, 2.05) is 0 Å². The van der Waals surface area contributed by atoms with Gasteiger partial charge in [0.25, 0.3) is 0 Å². The number of hydrogen-bond donors (Lipinski definition) is 2. The molecule has 0 rings (SSSR count). The van der Waals surface area contributed by atoms with Gasteiger partial charge in [0.1, 0.15) is 6.42 Å². The monoisotopic (exact) mass is 416 g/mol. The second-order valence-electron chi connectivity index (χ2n) is 7.65. The molecule has 0 aromatic heterocycles. The topological polar surface area (TPSA) is 74.6 Å². The first kappa shape index (κ1) is 36.9. The predicted molar refractivity (Wildman–Crippen MR) is 115 cm³/mol. The molecule has 1 atom stereocenters. The van der Waals surface area contributed by atoms with Gasteiger partial charge in [-0.25, -0.2) is 0 Å². The number of aliphatic carboxylic acids is 2. The molecule has 0 heterocycles. The van der Waals surface area contributed by atoms with Gasteiger partial charge in [-0.15, -0.1) is 0 Å². The zero-order chi connectivity index (χ0) is 20.8. The third-order valence-corrected chi connectivity index (χ3v) is 4.73. The van der Waals surface area contributed by atoms with E-state index in [-0.39, 0.29) is 49.8 Å². The smallest absolute Gasteiger partial charge is 1.00 e. The number of unbranched alkanes of at least 4 members (excludes halogenated alkanes) is 12. The Morgan fingerprint density at radius 3 is 1.24 bits per heavy atom. The van der Waals surface area contributed by atoms with Gasteiger partial charge in [-0.2, -0.15) is 5.92 Å². The Bertz CT molecular complexity index is 335. The van der Waals surface area contributed by atoms with Crippen molar-refractivity contribution < 1.29 is 69.6 Å². The van der Waals surface area contributed by atoms with Crippen molar-refractivity contribution in [1.82, 2.24) is 0 Å². The van der Waals surface area contributed by atoms with Crippen LogP contribution in [0.2, 0.25) is 0 Å². The van der Waals surface area contributed by atoms with Crippen LogP contribution in [0.3, 0.4) is 0 Å². The van der Waals surface area contributed by atoms with E-state index in [1.54, 1.807) is 0 Å². The van der Waals surface area contributed by atoms with Gasteiger partial charge in [-0.05, 0) is 0 Å². The molecule has 29 heavy (non-hydrogen) atoms. The molecular formula is C23H46LiNaO4.